The van der Waals surface area contributed by atoms with Gasteiger partial charge >= 0.3 is 0 Å². The molecule has 0 bridgehead atoms. The van der Waals surface area contributed by atoms with Crippen LogP contribution in [-0.4, -0.2) is 30.2 Å². The molecule has 1 aromatic carbocycles. The number of thiazole rings is 1. The first-order valence-corrected chi connectivity index (χ1v) is 9.88. The van der Waals surface area contributed by atoms with Crippen LogP contribution in [0.5, 0.6) is 5.75 Å². The summed E-state index contributed by atoms with van der Waals surface area (Å²) in [6.45, 7) is 0.345. The Morgan fingerprint density at radius 3 is 2.64 bits per heavy atom. The number of ether oxygens (including phenoxy) is 1. The zero-order chi connectivity index (χ0) is 19.8. The van der Waals surface area contributed by atoms with Crippen molar-refractivity contribution in [3.05, 3.63) is 74.0 Å². The van der Waals surface area contributed by atoms with E-state index in [4.69, 9.17) is 9.15 Å². The number of rotatable bonds is 5. The highest BCUT2D eigenvalue weighted by atomic mass is 79.9. The van der Waals surface area contributed by atoms with Gasteiger partial charge in [-0.2, -0.15) is 0 Å². The minimum absolute atomic E-state index is 0.0137. The van der Waals surface area contributed by atoms with Gasteiger partial charge in [-0.05, 0) is 45.7 Å². The van der Waals surface area contributed by atoms with E-state index in [-0.39, 0.29) is 21.4 Å². The largest absolute Gasteiger partial charge is 0.486 e. The molecule has 0 saturated carbocycles. The highest BCUT2D eigenvalue weighted by Gasteiger charge is 2.36. The van der Waals surface area contributed by atoms with Crippen LogP contribution < -0.4 is 4.74 Å². The molecule has 0 spiro atoms. The van der Waals surface area contributed by atoms with Gasteiger partial charge in [-0.3, -0.25) is 14.4 Å². The van der Waals surface area contributed by atoms with E-state index < -0.39 is 17.3 Å². The smallest absolute Gasteiger partial charge is 0.240 e. The molecule has 9 heteroatoms. The first-order valence-electron chi connectivity index (χ1n) is 8.20. The van der Waals surface area contributed by atoms with Crippen LogP contribution in [0.1, 0.15) is 37.0 Å². The Labute approximate surface area is 172 Å². The molecule has 0 saturated heterocycles. The van der Waals surface area contributed by atoms with Crippen LogP contribution in [0.2, 0.25) is 0 Å². The molecule has 1 aliphatic carbocycles. The van der Waals surface area contributed by atoms with Crippen molar-refractivity contribution in [2.75, 3.05) is 0 Å². The summed E-state index contributed by atoms with van der Waals surface area (Å²) in [6.07, 6.45) is 2.93. The fourth-order valence-corrected chi connectivity index (χ4v) is 3.72. The van der Waals surface area contributed by atoms with Gasteiger partial charge in [0.1, 0.15) is 37.2 Å². The zero-order valence-electron chi connectivity index (χ0n) is 14.5. The number of halogens is 1. The van der Waals surface area contributed by atoms with E-state index in [1.54, 1.807) is 38.3 Å². The minimum atomic E-state index is -0.757. The van der Waals surface area contributed by atoms with Crippen molar-refractivity contribution >= 4 is 57.9 Å². The van der Waals surface area contributed by atoms with E-state index in [9.17, 15) is 14.4 Å². The molecule has 28 heavy (non-hydrogen) atoms. The van der Waals surface area contributed by atoms with Gasteiger partial charge in [0.2, 0.25) is 11.6 Å². The van der Waals surface area contributed by atoms with Crippen LogP contribution in [-0.2, 0) is 11.4 Å². The molecule has 0 atom stereocenters. The molecular formula is C19H11BBrNO5S. The number of furan rings is 1. The van der Waals surface area contributed by atoms with Gasteiger partial charge in [0.05, 0.1) is 15.6 Å². The maximum Gasteiger partial charge on any atom is 0.240 e. The average Bonchev–Trinajstić information content (AvgIpc) is 3.39. The van der Waals surface area contributed by atoms with Crippen molar-refractivity contribution in [1.82, 2.24) is 4.98 Å². The highest BCUT2D eigenvalue weighted by molar-refractivity contribution is 9.12. The number of hydrogen-bond acceptors (Lipinski definition) is 7. The number of allylic oxidation sites excluding steroid dienone is 1. The van der Waals surface area contributed by atoms with Crippen LogP contribution in [0.25, 0.3) is 5.47 Å². The molecule has 2 aromatic heterocycles. The number of aromatic nitrogens is 1. The molecule has 6 nitrogen and oxygen atoms in total. The maximum absolute atomic E-state index is 12.9. The zero-order valence-corrected chi connectivity index (χ0v) is 16.9. The number of Topliss-reactive ketones (excluding diaryl/α,β-unsaturated/α-hetero) is 2. The normalized spacial score (nSPS) is 13.6. The second-order valence-corrected chi connectivity index (χ2v) is 7.79. The van der Waals surface area contributed by atoms with Crippen LogP contribution in [0.3, 0.4) is 0 Å². The van der Waals surface area contributed by atoms with Crippen molar-refractivity contribution < 1.29 is 23.5 Å². The fourth-order valence-electron chi connectivity index (χ4n) is 2.84. The second kappa shape index (κ2) is 7.33. The molecule has 0 radical (unpaired) electrons. The van der Waals surface area contributed by atoms with Crippen LogP contribution >= 0.6 is 27.3 Å². The maximum atomic E-state index is 12.9. The lowest BCUT2D eigenvalue weighted by atomic mass is 9.82. The summed E-state index contributed by atoms with van der Waals surface area (Å²) >= 11 is 4.60. The molecular weight excluding hydrogens is 445 g/mol. The highest BCUT2D eigenvalue weighted by Crippen LogP contribution is 2.34. The van der Waals surface area contributed by atoms with Crippen molar-refractivity contribution in [2.24, 2.45) is 0 Å². The van der Waals surface area contributed by atoms with Crippen molar-refractivity contribution in [3.8, 4) is 5.75 Å². The third kappa shape index (κ3) is 3.16. The molecule has 0 aliphatic heterocycles. The van der Waals surface area contributed by atoms with Gasteiger partial charge in [0.25, 0.3) is 0 Å². The van der Waals surface area contributed by atoms with E-state index in [0.717, 1.165) is 5.01 Å². The number of carbonyl (C=O) groups is 3. The number of hydrogen-bond donors (Lipinski definition) is 0. The van der Waals surface area contributed by atoms with Gasteiger partial charge in [0, 0.05) is 17.1 Å². The lowest BCUT2D eigenvalue weighted by Crippen LogP contribution is -2.23. The van der Waals surface area contributed by atoms with Crippen LogP contribution in [0.4, 0.5) is 0 Å². The minimum Gasteiger partial charge on any atom is -0.486 e. The van der Waals surface area contributed by atoms with Gasteiger partial charge < -0.3 is 9.15 Å². The Kier molecular flexibility index (Phi) is 4.86. The summed E-state index contributed by atoms with van der Waals surface area (Å²) in [5.74, 6) is -1.01. The monoisotopic (exact) mass is 455 g/mol. The number of benzene rings is 1. The van der Waals surface area contributed by atoms with Gasteiger partial charge in [-0.1, -0.05) is 0 Å². The summed E-state index contributed by atoms with van der Waals surface area (Å²) in [4.78, 5) is 41.5. The third-order valence-electron chi connectivity index (χ3n) is 4.30. The van der Waals surface area contributed by atoms with Crippen molar-refractivity contribution in [2.45, 2.75) is 6.61 Å². The molecule has 1 aliphatic rings. The third-order valence-corrected chi connectivity index (χ3v) is 6.01. The van der Waals surface area contributed by atoms with E-state index >= 15 is 0 Å². The number of nitrogens with zero attached hydrogens (tertiary/aromatic N) is 1. The first-order chi connectivity index (χ1) is 13.5. The van der Waals surface area contributed by atoms with Gasteiger partial charge in [0.15, 0.2) is 5.78 Å². The SMILES string of the molecule is BC1=C(Br)C(=O)C(=O)c2c(C(=O)c3ccc(OCc4nccs4)cc3)coc21. The lowest BCUT2D eigenvalue weighted by molar-refractivity contribution is -0.111. The van der Waals surface area contributed by atoms with Gasteiger partial charge in [-0.25, -0.2) is 4.98 Å². The molecule has 138 valence electrons. The molecule has 0 unspecified atom stereocenters. The fraction of sp³-hybridized carbons (Fsp3) is 0.0526. The quantitative estimate of drug-likeness (QED) is 0.334. The summed E-state index contributed by atoms with van der Waals surface area (Å²) in [5, 5.41) is 2.72. The summed E-state index contributed by atoms with van der Waals surface area (Å²) in [5.41, 5.74) is 0.935. The van der Waals surface area contributed by atoms with E-state index in [2.05, 4.69) is 20.9 Å². The van der Waals surface area contributed by atoms with Gasteiger partial charge in [-0.15, -0.1) is 11.3 Å². The average molecular weight is 456 g/mol. The lowest BCUT2D eigenvalue weighted by Gasteiger charge is -2.12. The van der Waals surface area contributed by atoms with Crippen molar-refractivity contribution in [3.63, 3.8) is 0 Å². The van der Waals surface area contributed by atoms with Crippen LogP contribution in [0, 0.1) is 0 Å². The number of ketones is 3. The summed E-state index contributed by atoms with van der Waals surface area (Å²) in [6, 6.07) is 6.55. The molecule has 0 N–H and O–H groups in total. The predicted molar refractivity (Wildman–Crippen MR) is 109 cm³/mol. The van der Waals surface area contributed by atoms with E-state index in [1.165, 1.54) is 17.6 Å². The number of carbonyl (C=O) groups excluding carboxylic acids is 3. The molecule has 0 amide bonds. The van der Waals surface area contributed by atoms with Crippen molar-refractivity contribution in [1.29, 1.82) is 0 Å². The van der Waals surface area contributed by atoms with Crippen LogP contribution in [0.15, 0.2) is 51.0 Å². The molecule has 3 aromatic rings. The molecule has 4 rings (SSSR count). The van der Waals surface area contributed by atoms with E-state index in [0.29, 0.717) is 23.4 Å². The summed E-state index contributed by atoms with van der Waals surface area (Å²) in [7, 11) is 1.65. The number of fused-ring (bicyclic) bond motifs is 1. The summed E-state index contributed by atoms with van der Waals surface area (Å²) < 4.78 is 11.2. The Morgan fingerprint density at radius 2 is 1.96 bits per heavy atom. The Morgan fingerprint density at radius 1 is 1.21 bits per heavy atom. The molecule has 2 heterocycles. The predicted octanol–water partition coefficient (Wildman–Crippen LogP) is 3.01. The Balaban J connectivity index is 1.58. The second-order valence-electron chi connectivity index (χ2n) is 6.02. The Bertz CT molecular complexity index is 1130. The Hall–Kier alpha value is -2.78. The molecule has 0 fully saturated rings. The first kappa shape index (κ1) is 18.6. The standard InChI is InChI=1S/C19H11BBrNO5S/c20-14-15(21)18(25)17(24)13-11(7-27-19(13)14)16(23)9-1-3-10(4-2-9)26-8-12-22-5-6-28-12/h1-7H,8,20H2. The topological polar surface area (TPSA) is 86.5 Å². The van der Waals surface area contributed by atoms with E-state index in [1.807, 2.05) is 5.38 Å².